The fourth-order valence-electron chi connectivity index (χ4n) is 4.84. The second kappa shape index (κ2) is 11.2. The molecule has 1 aliphatic heterocycles. The molecule has 0 unspecified atom stereocenters. The quantitative estimate of drug-likeness (QED) is 0.546. The number of hydrogen-bond donors (Lipinski definition) is 3. The Morgan fingerprint density at radius 3 is 2.56 bits per heavy atom. The number of amides is 1. The summed E-state index contributed by atoms with van der Waals surface area (Å²) in [5, 5.41) is 10.6. The van der Waals surface area contributed by atoms with E-state index in [0.29, 0.717) is 11.6 Å². The van der Waals surface area contributed by atoms with E-state index < -0.39 is 5.82 Å². The maximum Gasteiger partial charge on any atom is 0.254 e. The minimum atomic E-state index is -0.477. The van der Waals surface area contributed by atoms with Crippen molar-refractivity contribution in [3.63, 3.8) is 0 Å². The predicted molar refractivity (Wildman–Crippen MR) is 129 cm³/mol. The highest BCUT2D eigenvalue weighted by Crippen LogP contribution is 2.31. The molecule has 3 N–H and O–H groups in total. The Morgan fingerprint density at radius 2 is 1.78 bits per heavy atom. The van der Waals surface area contributed by atoms with Gasteiger partial charge in [0.2, 0.25) is 0 Å². The monoisotopic (exact) mass is 457 g/mol. The molecule has 32 heavy (non-hydrogen) atoms. The standard InChI is InChI=1S/C26H33ClFN3O/c27-23-11-9-19-12-14-29-15-13-21(19)25(23)30-17-18-8-10-22(24(28)16-18)26(32)31-20-6-4-2-1-3-5-7-20/h8-11,16,20,29-30H,1-7,12-15,17H2,(H,31,32). The number of halogens is 2. The molecule has 0 radical (unpaired) electrons. The molecule has 2 aromatic rings. The zero-order chi connectivity index (χ0) is 22.3. The molecule has 1 amide bonds. The van der Waals surface area contributed by atoms with Gasteiger partial charge in [0.15, 0.2) is 0 Å². The number of anilines is 1. The van der Waals surface area contributed by atoms with Crippen LogP contribution in [0, 0.1) is 5.82 Å². The highest BCUT2D eigenvalue weighted by Gasteiger charge is 2.19. The summed E-state index contributed by atoms with van der Waals surface area (Å²) in [6.45, 7) is 2.33. The van der Waals surface area contributed by atoms with Crippen LogP contribution in [-0.4, -0.2) is 25.0 Å². The third-order valence-corrected chi connectivity index (χ3v) is 6.98. The lowest BCUT2D eigenvalue weighted by Gasteiger charge is -2.21. The van der Waals surface area contributed by atoms with Crippen molar-refractivity contribution < 1.29 is 9.18 Å². The summed E-state index contributed by atoms with van der Waals surface area (Å²) < 4.78 is 14.8. The van der Waals surface area contributed by atoms with Gasteiger partial charge < -0.3 is 16.0 Å². The van der Waals surface area contributed by atoms with E-state index in [1.54, 1.807) is 6.07 Å². The molecule has 4 nitrogen and oxygen atoms in total. The smallest absolute Gasteiger partial charge is 0.254 e. The van der Waals surface area contributed by atoms with Crippen molar-refractivity contribution in [3.05, 3.63) is 63.4 Å². The number of nitrogens with one attached hydrogen (secondary N) is 3. The summed E-state index contributed by atoms with van der Waals surface area (Å²) in [7, 11) is 0. The number of fused-ring (bicyclic) bond motifs is 1. The molecule has 2 aromatic carbocycles. The number of benzene rings is 2. The van der Waals surface area contributed by atoms with Gasteiger partial charge in [-0.25, -0.2) is 4.39 Å². The average molecular weight is 458 g/mol. The van der Waals surface area contributed by atoms with Gasteiger partial charge in [-0.2, -0.15) is 0 Å². The molecule has 2 aliphatic rings. The minimum absolute atomic E-state index is 0.119. The molecule has 1 fully saturated rings. The average Bonchev–Trinajstić information content (AvgIpc) is 3.00. The second-order valence-electron chi connectivity index (χ2n) is 8.99. The first-order valence-corrected chi connectivity index (χ1v) is 12.3. The van der Waals surface area contributed by atoms with Crippen molar-refractivity contribution in [1.29, 1.82) is 0 Å². The van der Waals surface area contributed by atoms with Crippen LogP contribution in [0.3, 0.4) is 0 Å². The Hall–Kier alpha value is -2.11. The third-order valence-electron chi connectivity index (χ3n) is 6.67. The van der Waals surface area contributed by atoms with Crippen molar-refractivity contribution >= 4 is 23.2 Å². The van der Waals surface area contributed by atoms with Gasteiger partial charge in [0.1, 0.15) is 5.82 Å². The van der Waals surface area contributed by atoms with Crippen LogP contribution in [-0.2, 0) is 19.4 Å². The van der Waals surface area contributed by atoms with Crippen LogP contribution in [0.2, 0.25) is 5.02 Å². The van der Waals surface area contributed by atoms with Crippen LogP contribution in [0.4, 0.5) is 10.1 Å². The summed E-state index contributed by atoms with van der Waals surface area (Å²) in [6, 6.07) is 9.05. The minimum Gasteiger partial charge on any atom is -0.380 e. The molecule has 0 atom stereocenters. The lowest BCUT2D eigenvalue weighted by molar-refractivity contribution is 0.0926. The molecule has 0 aromatic heterocycles. The number of rotatable bonds is 5. The van der Waals surface area contributed by atoms with Crippen LogP contribution < -0.4 is 16.0 Å². The first kappa shape index (κ1) is 23.1. The maximum absolute atomic E-state index is 14.8. The highest BCUT2D eigenvalue weighted by molar-refractivity contribution is 6.33. The van der Waals surface area contributed by atoms with Gasteiger partial charge in [-0.3, -0.25) is 4.79 Å². The van der Waals surface area contributed by atoms with E-state index in [1.165, 1.54) is 36.5 Å². The second-order valence-corrected chi connectivity index (χ2v) is 9.40. The van der Waals surface area contributed by atoms with Crippen molar-refractivity contribution in [2.75, 3.05) is 18.4 Å². The molecule has 0 saturated heterocycles. The largest absolute Gasteiger partial charge is 0.380 e. The summed E-state index contributed by atoms with van der Waals surface area (Å²) in [6.07, 6.45) is 9.80. The van der Waals surface area contributed by atoms with E-state index >= 15 is 0 Å². The fraction of sp³-hybridized carbons (Fsp3) is 0.500. The molecular weight excluding hydrogens is 425 g/mol. The van der Waals surface area contributed by atoms with Crippen molar-refractivity contribution in [3.8, 4) is 0 Å². The maximum atomic E-state index is 14.8. The first-order valence-electron chi connectivity index (χ1n) is 12.0. The van der Waals surface area contributed by atoms with Gasteiger partial charge in [0.05, 0.1) is 16.3 Å². The van der Waals surface area contributed by atoms with Gasteiger partial charge in [0, 0.05) is 12.6 Å². The summed E-state index contributed by atoms with van der Waals surface area (Å²) in [4.78, 5) is 12.7. The van der Waals surface area contributed by atoms with E-state index in [2.05, 4.69) is 22.0 Å². The van der Waals surface area contributed by atoms with Crippen LogP contribution in [0.5, 0.6) is 0 Å². The normalized spacial score (nSPS) is 17.6. The summed E-state index contributed by atoms with van der Waals surface area (Å²) in [5.74, 6) is -0.786. The Balaban J connectivity index is 1.41. The van der Waals surface area contributed by atoms with Crippen LogP contribution >= 0.6 is 11.6 Å². The topological polar surface area (TPSA) is 53.2 Å². The summed E-state index contributed by atoms with van der Waals surface area (Å²) in [5.41, 5.74) is 4.37. The number of hydrogen-bond acceptors (Lipinski definition) is 3. The van der Waals surface area contributed by atoms with Gasteiger partial charge >= 0.3 is 0 Å². The van der Waals surface area contributed by atoms with Crippen molar-refractivity contribution in [1.82, 2.24) is 10.6 Å². The van der Waals surface area contributed by atoms with Crippen LogP contribution in [0.1, 0.15) is 72.0 Å². The molecular formula is C26H33ClFN3O. The van der Waals surface area contributed by atoms with Crippen molar-refractivity contribution in [2.24, 2.45) is 0 Å². The van der Waals surface area contributed by atoms with Gasteiger partial charge in [-0.05, 0) is 73.7 Å². The van der Waals surface area contributed by atoms with E-state index in [-0.39, 0.29) is 17.5 Å². The highest BCUT2D eigenvalue weighted by atomic mass is 35.5. The lowest BCUT2D eigenvalue weighted by Crippen LogP contribution is -2.35. The third kappa shape index (κ3) is 5.81. The molecule has 172 valence electrons. The fourth-order valence-corrected chi connectivity index (χ4v) is 5.09. The van der Waals surface area contributed by atoms with Gasteiger partial charge in [0.25, 0.3) is 5.91 Å². The Kier molecular flexibility index (Phi) is 8.04. The SMILES string of the molecule is O=C(NC1CCCCCCC1)c1ccc(CNc2c(Cl)ccc3c2CCNCC3)cc1F. The van der Waals surface area contributed by atoms with Crippen molar-refractivity contribution in [2.45, 2.75) is 70.4 Å². The molecule has 1 aliphatic carbocycles. The Labute approximate surface area is 195 Å². The zero-order valence-corrected chi connectivity index (χ0v) is 19.4. The zero-order valence-electron chi connectivity index (χ0n) is 18.6. The number of carbonyl (C=O) groups is 1. The molecule has 0 bridgehead atoms. The van der Waals surface area contributed by atoms with E-state index in [0.717, 1.165) is 62.9 Å². The summed E-state index contributed by atoms with van der Waals surface area (Å²) >= 11 is 6.48. The first-order chi connectivity index (χ1) is 15.6. The van der Waals surface area contributed by atoms with Crippen LogP contribution in [0.15, 0.2) is 30.3 Å². The molecule has 1 saturated carbocycles. The number of carbonyl (C=O) groups excluding carboxylic acids is 1. The molecule has 6 heteroatoms. The molecule has 4 rings (SSSR count). The van der Waals surface area contributed by atoms with Gasteiger partial charge in [-0.15, -0.1) is 0 Å². The van der Waals surface area contributed by atoms with E-state index in [1.807, 2.05) is 12.1 Å². The van der Waals surface area contributed by atoms with E-state index in [9.17, 15) is 9.18 Å². The molecule has 0 spiro atoms. The Bertz CT molecular complexity index is 941. The van der Waals surface area contributed by atoms with E-state index in [4.69, 9.17) is 11.6 Å². The lowest BCUT2D eigenvalue weighted by atomic mass is 9.96. The van der Waals surface area contributed by atoms with Gasteiger partial charge in [-0.1, -0.05) is 55.8 Å². The Morgan fingerprint density at radius 1 is 1.03 bits per heavy atom. The van der Waals surface area contributed by atoms with Crippen LogP contribution in [0.25, 0.3) is 0 Å². The predicted octanol–water partition coefficient (Wildman–Crippen LogP) is 5.62. The molecule has 1 heterocycles.